The average molecular weight is 287 g/mol. The summed E-state index contributed by atoms with van der Waals surface area (Å²) in [5.74, 6) is -2.14. The Hall–Kier alpha value is -1.52. The minimum atomic E-state index is -1.38. The molecule has 0 radical (unpaired) electrons. The summed E-state index contributed by atoms with van der Waals surface area (Å²) in [4.78, 5) is 0. The van der Waals surface area contributed by atoms with Crippen molar-refractivity contribution in [2.75, 3.05) is 0 Å². The fourth-order valence-electron chi connectivity index (χ4n) is 1.78. The summed E-state index contributed by atoms with van der Waals surface area (Å²) >= 11 is 5.83. The highest BCUT2D eigenvalue weighted by molar-refractivity contribution is 6.31. The Morgan fingerprint density at radius 1 is 1.00 bits per heavy atom. The molecule has 0 aliphatic rings. The van der Waals surface area contributed by atoms with Crippen molar-refractivity contribution in [2.45, 2.75) is 13.0 Å². The molecular formula is C14H10ClF3O. The minimum absolute atomic E-state index is 0.0145. The van der Waals surface area contributed by atoms with Gasteiger partial charge in [-0.1, -0.05) is 17.7 Å². The van der Waals surface area contributed by atoms with Gasteiger partial charge in [-0.25, -0.2) is 13.2 Å². The van der Waals surface area contributed by atoms with Crippen molar-refractivity contribution >= 4 is 11.6 Å². The van der Waals surface area contributed by atoms with E-state index in [0.29, 0.717) is 6.07 Å². The maximum Gasteiger partial charge on any atom is 0.132 e. The molecule has 0 spiro atoms. The minimum Gasteiger partial charge on any atom is -0.383 e. The van der Waals surface area contributed by atoms with Crippen molar-refractivity contribution in [2.24, 2.45) is 0 Å². The van der Waals surface area contributed by atoms with Gasteiger partial charge < -0.3 is 5.11 Å². The number of aliphatic hydroxyl groups excluding tert-OH is 1. The zero-order valence-corrected chi connectivity index (χ0v) is 10.7. The number of rotatable bonds is 2. The number of hydrogen-bond donors (Lipinski definition) is 1. The lowest BCUT2D eigenvalue weighted by molar-refractivity contribution is 0.214. The third-order valence-electron chi connectivity index (χ3n) is 2.83. The zero-order valence-electron chi connectivity index (χ0n) is 9.92. The van der Waals surface area contributed by atoms with Crippen LogP contribution in [0.2, 0.25) is 5.02 Å². The van der Waals surface area contributed by atoms with Crippen molar-refractivity contribution in [1.29, 1.82) is 0 Å². The number of aryl methyl sites for hydroxylation is 1. The van der Waals surface area contributed by atoms with Crippen LogP contribution in [0.3, 0.4) is 0 Å². The molecule has 0 aliphatic heterocycles. The molecule has 100 valence electrons. The molecule has 0 fully saturated rings. The van der Waals surface area contributed by atoms with Crippen molar-refractivity contribution in [3.05, 3.63) is 69.5 Å². The van der Waals surface area contributed by atoms with E-state index >= 15 is 0 Å². The summed E-state index contributed by atoms with van der Waals surface area (Å²) in [5.41, 5.74) is 0.335. The summed E-state index contributed by atoms with van der Waals surface area (Å²) in [6, 6.07) is 5.22. The van der Waals surface area contributed by atoms with Gasteiger partial charge in [-0.05, 0) is 30.7 Å². The lowest BCUT2D eigenvalue weighted by Crippen LogP contribution is -2.05. The number of hydrogen-bond acceptors (Lipinski definition) is 1. The van der Waals surface area contributed by atoms with E-state index in [-0.39, 0.29) is 21.7 Å². The fraction of sp³-hybridized carbons (Fsp3) is 0.143. The molecule has 1 nitrogen and oxygen atoms in total. The molecule has 1 unspecified atom stereocenters. The predicted octanol–water partition coefficient (Wildman–Crippen LogP) is 4.15. The van der Waals surface area contributed by atoms with Gasteiger partial charge in [-0.3, -0.25) is 0 Å². The highest BCUT2D eigenvalue weighted by Gasteiger charge is 2.19. The quantitative estimate of drug-likeness (QED) is 0.879. The van der Waals surface area contributed by atoms with Gasteiger partial charge in [0.15, 0.2) is 0 Å². The van der Waals surface area contributed by atoms with Crippen LogP contribution in [0, 0.1) is 24.4 Å². The van der Waals surface area contributed by atoms with Crippen molar-refractivity contribution in [1.82, 2.24) is 0 Å². The van der Waals surface area contributed by atoms with Crippen molar-refractivity contribution < 1.29 is 18.3 Å². The topological polar surface area (TPSA) is 20.2 Å². The molecule has 2 aromatic rings. The molecule has 0 heterocycles. The molecule has 0 amide bonds. The third-order valence-corrected chi connectivity index (χ3v) is 3.16. The second kappa shape index (κ2) is 5.23. The van der Waals surface area contributed by atoms with Gasteiger partial charge in [0.05, 0.1) is 0 Å². The zero-order chi connectivity index (χ0) is 14.2. The van der Waals surface area contributed by atoms with Crippen molar-refractivity contribution in [3.63, 3.8) is 0 Å². The molecule has 0 aliphatic carbocycles. The van der Waals surface area contributed by atoms with Gasteiger partial charge in [0.1, 0.15) is 23.6 Å². The standard InChI is InChI=1S/C14H10ClF3O/c1-7-4-10(11(15)6-12(7)17)14(19)9-3-2-8(16)5-13(9)18/h2-6,14,19H,1H3. The molecule has 2 aromatic carbocycles. The van der Waals surface area contributed by atoms with Crippen LogP contribution in [0.4, 0.5) is 13.2 Å². The normalized spacial score (nSPS) is 12.5. The molecule has 5 heteroatoms. The fourth-order valence-corrected chi connectivity index (χ4v) is 2.03. The van der Waals surface area contributed by atoms with Gasteiger partial charge in [0.2, 0.25) is 0 Å². The first-order valence-corrected chi connectivity index (χ1v) is 5.86. The van der Waals surface area contributed by atoms with Crippen LogP contribution in [0.15, 0.2) is 30.3 Å². The SMILES string of the molecule is Cc1cc(C(O)c2ccc(F)cc2F)c(Cl)cc1F. The van der Waals surface area contributed by atoms with E-state index in [1.165, 1.54) is 13.0 Å². The smallest absolute Gasteiger partial charge is 0.132 e. The second-order valence-electron chi connectivity index (χ2n) is 4.19. The first kappa shape index (κ1) is 13.9. The molecule has 0 saturated heterocycles. The molecule has 19 heavy (non-hydrogen) atoms. The van der Waals surface area contributed by atoms with Crippen LogP contribution in [0.25, 0.3) is 0 Å². The van der Waals surface area contributed by atoms with E-state index < -0.39 is 23.6 Å². The first-order chi connectivity index (χ1) is 8.90. The molecule has 0 saturated carbocycles. The van der Waals surface area contributed by atoms with Gasteiger partial charge >= 0.3 is 0 Å². The molecule has 0 bridgehead atoms. The highest BCUT2D eigenvalue weighted by Crippen LogP contribution is 2.31. The number of halogens is 4. The van der Waals surface area contributed by atoms with Crippen LogP contribution >= 0.6 is 11.6 Å². The monoisotopic (exact) mass is 286 g/mol. The number of aliphatic hydroxyl groups is 1. The van der Waals surface area contributed by atoms with Gasteiger partial charge in [-0.2, -0.15) is 0 Å². The maximum atomic E-state index is 13.6. The molecule has 0 aromatic heterocycles. The predicted molar refractivity (Wildman–Crippen MR) is 66.6 cm³/mol. The summed E-state index contributed by atoms with van der Waals surface area (Å²) in [6.07, 6.45) is -1.38. The summed E-state index contributed by atoms with van der Waals surface area (Å²) < 4.78 is 39.7. The van der Waals surface area contributed by atoms with E-state index in [1.54, 1.807) is 0 Å². The Bertz CT molecular complexity index is 628. The average Bonchev–Trinajstić information content (AvgIpc) is 2.33. The first-order valence-electron chi connectivity index (χ1n) is 5.48. The maximum absolute atomic E-state index is 13.6. The van der Waals surface area contributed by atoms with E-state index in [1.807, 2.05) is 0 Å². The number of benzene rings is 2. The lowest BCUT2D eigenvalue weighted by Gasteiger charge is -2.15. The van der Waals surface area contributed by atoms with Crippen LogP contribution < -0.4 is 0 Å². The summed E-state index contributed by atoms with van der Waals surface area (Å²) in [7, 11) is 0. The van der Waals surface area contributed by atoms with E-state index in [9.17, 15) is 18.3 Å². The Morgan fingerprint density at radius 2 is 1.68 bits per heavy atom. The third kappa shape index (κ3) is 2.74. The molecule has 1 N–H and O–H groups in total. The van der Waals surface area contributed by atoms with Crippen molar-refractivity contribution in [3.8, 4) is 0 Å². The molecule has 2 rings (SSSR count). The van der Waals surface area contributed by atoms with E-state index in [0.717, 1.165) is 18.2 Å². The van der Waals surface area contributed by atoms with Gasteiger partial charge in [0, 0.05) is 22.2 Å². The van der Waals surface area contributed by atoms with Gasteiger partial charge in [0.25, 0.3) is 0 Å². The Balaban J connectivity index is 2.49. The molecular weight excluding hydrogens is 277 g/mol. The molecule has 1 atom stereocenters. The van der Waals surface area contributed by atoms with Crippen LogP contribution in [0.5, 0.6) is 0 Å². The van der Waals surface area contributed by atoms with Crippen LogP contribution in [0.1, 0.15) is 22.8 Å². The van der Waals surface area contributed by atoms with E-state index in [2.05, 4.69) is 0 Å². The highest BCUT2D eigenvalue weighted by atomic mass is 35.5. The van der Waals surface area contributed by atoms with Gasteiger partial charge in [-0.15, -0.1) is 0 Å². The summed E-state index contributed by atoms with van der Waals surface area (Å²) in [6.45, 7) is 1.50. The van der Waals surface area contributed by atoms with Crippen LogP contribution in [-0.2, 0) is 0 Å². The second-order valence-corrected chi connectivity index (χ2v) is 4.60. The van der Waals surface area contributed by atoms with Crippen LogP contribution in [-0.4, -0.2) is 5.11 Å². The van der Waals surface area contributed by atoms with E-state index in [4.69, 9.17) is 11.6 Å². The summed E-state index contributed by atoms with van der Waals surface area (Å²) in [5, 5.41) is 10.1. The lowest BCUT2D eigenvalue weighted by atomic mass is 9.99. The largest absolute Gasteiger partial charge is 0.383 e. The Morgan fingerprint density at radius 3 is 2.32 bits per heavy atom. The Kier molecular flexibility index (Phi) is 3.83. The Labute approximate surface area is 113 Å².